The van der Waals surface area contributed by atoms with Gasteiger partial charge in [-0.1, -0.05) is 0 Å². The van der Waals surface area contributed by atoms with Crippen LogP contribution in [0.1, 0.15) is 0 Å². The fraction of sp³-hybridized carbons (Fsp3) is 0. The largest absolute Gasteiger partial charge is 3.00 e. The van der Waals surface area contributed by atoms with Crippen LogP contribution in [0.4, 0.5) is 0 Å². The second-order valence-electron chi connectivity index (χ2n) is 0.289. The molecular weight excluding hydrogens is 164 g/mol. The van der Waals surface area contributed by atoms with Crippen molar-refractivity contribution in [3.05, 3.63) is 0 Å². The molecule has 7 heteroatoms. The molecule has 0 fully saturated rings. The molecule has 0 aliphatic heterocycles. The zero-order valence-electron chi connectivity index (χ0n) is 4.38. The minimum Gasteiger partial charge on any atom is -0.907 e. The molecule has 7 heavy (non-hydrogen) atoms. The van der Waals surface area contributed by atoms with Crippen molar-refractivity contribution in [2.45, 2.75) is 0 Å². The molecule has 0 heterocycles. The van der Waals surface area contributed by atoms with E-state index in [1.54, 1.807) is 0 Å². The van der Waals surface area contributed by atoms with E-state index in [0.29, 0.717) is 0 Å². The Bertz CT molecular complexity index is 17.7. The van der Waals surface area contributed by atoms with Crippen LogP contribution < -0.4 is 118 Å². The predicted molar refractivity (Wildman–Crippen MR) is 11.5 cm³/mol. The molecule has 0 saturated carbocycles. The third-order valence-corrected chi connectivity index (χ3v) is 0. The Hall–Kier alpha value is 3.75. The summed E-state index contributed by atoms with van der Waals surface area (Å²) in [6, 6.07) is 0. The molecule has 3 nitrogen and oxygen atoms in total. The van der Waals surface area contributed by atoms with Crippen LogP contribution in [0.15, 0.2) is 0 Å². The molecule has 0 aromatic heterocycles. The first-order valence-corrected chi connectivity index (χ1v) is 0.707. The van der Waals surface area contributed by atoms with Gasteiger partial charge in [0.25, 0.3) is 0 Å². The van der Waals surface area contributed by atoms with Crippen molar-refractivity contribution in [2.75, 3.05) is 0 Å². The zero-order chi connectivity index (χ0) is 3.58. The summed E-state index contributed by atoms with van der Waals surface area (Å²) < 4.78 is 0. The average Bonchev–Trinajstić information content (AvgIpc) is 0.811. The van der Waals surface area contributed by atoms with Gasteiger partial charge in [0.1, 0.15) is 0 Å². The summed E-state index contributed by atoms with van der Waals surface area (Å²) in [6.07, 6.45) is 0. The van der Waals surface area contributed by atoms with Crippen molar-refractivity contribution in [3.63, 3.8) is 0 Å². The first-order chi connectivity index (χ1) is 1.73. The second kappa shape index (κ2) is 16.4. The van der Waals surface area contributed by atoms with Crippen LogP contribution in [-0.2, 0) is 0 Å². The van der Waals surface area contributed by atoms with Gasteiger partial charge in [-0.3, -0.25) is 7.32 Å². The Morgan fingerprint density at radius 2 is 0.857 bits per heavy atom. The van der Waals surface area contributed by atoms with E-state index in [-0.39, 0.29) is 120 Å². The standard InChI is InChI=1S/Al.BO3.2K/c;2-1(3)4;;/q+3;-3;2*+1. The summed E-state index contributed by atoms with van der Waals surface area (Å²) in [5.41, 5.74) is 0. The molecule has 0 aliphatic carbocycles. The molecule has 0 N–H and O–H groups in total. The molecule has 24 valence electrons. The molecule has 0 aliphatic rings. The van der Waals surface area contributed by atoms with E-state index in [1.165, 1.54) is 0 Å². The minimum absolute atomic E-state index is 0. The van der Waals surface area contributed by atoms with Crippen LogP contribution in [0.25, 0.3) is 0 Å². The van der Waals surface area contributed by atoms with E-state index in [1.807, 2.05) is 0 Å². The Morgan fingerprint density at radius 1 is 0.857 bits per heavy atom. The van der Waals surface area contributed by atoms with Crippen LogP contribution in [-0.4, -0.2) is 24.7 Å². The number of hydrogen-bond acceptors (Lipinski definition) is 3. The topological polar surface area (TPSA) is 69.2 Å². The molecule has 0 aromatic carbocycles. The maximum absolute atomic E-state index is 8.42. The van der Waals surface area contributed by atoms with Gasteiger partial charge in [0.15, 0.2) is 0 Å². The zero-order valence-corrected chi connectivity index (χ0v) is 11.8. The van der Waals surface area contributed by atoms with Gasteiger partial charge in [0.2, 0.25) is 0 Å². The Kier molecular flexibility index (Phi) is 52.5. The van der Waals surface area contributed by atoms with Gasteiger partial charge in [-0.25, -0.2) is 0 Å². The maximum Gasteiger partial charge on any atom is 3.00 e. The predicted octanol–water partition coefficient (Wildman–Crippen LogP) is -10.3. The molecule has 0 radical (unpaired) electrons. The first-order valence-electron chi connectivity index (χ1n) is 0.707. The van der Waals surface area contributed by atoms with Crippen LogP contribution in [0, 0.1) is 0 Å². The Morgan fingerprint density at radius 3 is 0.857 bits per heavy atom. The van der Waals surface area contributed by atoms with Crippen molar-refractivity contribution in [3.8, 4) is 0 Å². The molecule has 0 unspecified atom stereocenters. The summed E-state index contributed by atoms with van der Waals surface area (Å²) in [4.78, 5) is 0. The molecule has 0 bridgehead atoms. The Labute approximate surface area is 138 Å². The van der Waals surface area contributed by atoms with E-state index >= 15 is 0 Å². The SMILES string of the molecule is [Al+3].[K+].[K+].[O-]B([O-])[O-]. The summed E-state index contributed by atoms with van der Waals surface area (Å²) in [6.45, 7) is 0. The second-order valence-corrected chi connectivity index (χ2v) is 0.289. The average molecular weight is 164 g/mol. The first kappa shape index (κ1) is 22.4. The van der Waals surface area contributed by atoms with Gasteiger partial charge in [-0.15, -0.1) is 0 Å². The molecule has 0 aromatic rings. The van der Waals surface area contributed by atoms with Gasteiger partial charge in [-0.05, 0) is 0 Å². The quantitative estimate of drug-likeness (QED) is 0.334. The minimum atomic E-state index is -2.92. The van der Waals surface area contributed by atoms with Crippen molar-refractivity contribution in [1.82, 2.24) is 0 Å². The fourth-order valence-corrected chi connectivity index (χ4v) is 0. The van der Waals surface area contributed by atoms with Crippen molar-refractivity contribution in [2.24, 2.45) is 0 Å². The van der Waals surface area contributed by atoms with Crippen molar-refractivity contribution < 1.29 is 118 Å². The molecule has 0 saturated heterocycles. The van der Waals surface area contributed by atoms with Crippen molar-refractivity contribution in [1.29, 1.82) is 0 Å². The van der Waals surface area contributed by atoms with Gasteiger partial charge in [0.05, 0.1) is 0 Å². The van der Waals surface area contributed by atoms with Crippen LogP contribution in [0.5, 0.6) is 0 Å². The monoisotopic (exact) mass is 164 g/mol. The maximum atomic E-state index is 8.42. The molecule has 0 atom stereocenters. The van der Waals surface area contributed by atoms with Crippen molar-refractivity contribution >= 4 is 24.7 Å². The smallest absolute Gasteiger partial charge is 0.907 e. The van der Waals surface area contributed by atoms with Crippen LogP contribution in [0.2, 0.25) is 0 Å². The normalized spacial score (nSPS) is 3.86. The third-order valence-electron chi connectivity index (χ3n) is 0. The van der Waals surface area contributed by atoms with Crippen LogP contribution in [0.3, 0.4) is 0 Å². The summed E-state index contributed by atoms with van der Waals surface area (Å²) in [5.74, 6) is 0. The van der Waals surface area contributed by atoms with E-state index in [4.69, 9.17) is 15.1 Å². The van der Waals surface area contributed by atoms with Gasteiger partial charge in [-0.2, -0.15) is 0 Å². The number of hydrogen-bond donors (Lipinski definition) is 0. The van der Waals surface area contributed by atoms with E-state index in [9.17, 15) is 0 Å². The van der Waals surface area contributed by atoms with Crippen LogP contribution >= 0.6 is 0 Å². The molecular formula is AlBK2O3+2. The Balaban J connectivity index is -0.0000000150. The summed E-state index contributed by atoms with van der Waals surface area (Å²) in [5, 5.41) is 25.2. The van der Waals surface area contributed by atoms with E-state index < -0.39 is 7.32 Å². The number of rotatable bonds is 0. The summed E-state index contributed by atoms with van der Waals surface area (Å²) >= 11 is 0. The van der Waals surface area contributed by atoms with Gasteiger partial charge < -0.3 is 15.1 Å². The summed E-state index contributed by atoms with van der Waals surface area (Å²) in [7, 11) is -2.92. The molecule has 0 amide bonds. The van der Waals surface area contributed by atoms with Gasteiger partial charge >= 0.3 is 120 Å². The van der Waals surface area contributed by atoms with E-state index in [0.717, 1.165) is 0 Å². The molecule has 0 rings (SSSR count). The molecule has 0 spiro atoms. The van der Waals surface area contributed by atoms with Gasteiger partial charge in [0, 0.05) is 0 Å². The van der Waals surface area contributed by atoms with E-state index in [2.05, 4.69) is 0 Å². The third kappa shape index (κ3) is 41.6. The fourth-order valence-electron chi connectivity index (χ4n) is 0.